The molecule has 1 N–H and O–H groups in total. The molecule has 196 valence electrons. The Morgan fingerprint density at radius 2 is 1.74 bits per heavy atom. The van der Waals surface area contributed by atoms with Crippen LogP contribution in [0.2, 0.25) is 0 Å². The number of esters is 1. The van der Waals surface area contributed by atoms with E-state index in [9.17, 15) is 22.8 Å². The average molecular weight is 525 g/mol. The third kappa shape index (κ3) is 4.19. The van der Waals surface area contributed by atoms with Gasteiger partial charge in [0.05, 0.1) is 24.1 Å². The minimum absolute atomic E-state index is 0.00361. The topological polar surface area (TPSA) is 83.1 Å². The summed E-state index contributed by atoms with van der Waals surface area (Å²) in [4.78, 5) is 25.5. The van der Waals surface area contributed by atoms with Crippen LogP contribution in [-0.4, -0.2) is 25.3 Å². The Morgan fingerprint density at radius 3 is 2.45 bits per heavy atom. The molecule has 38 heavy (non-hydrogen) atoms. The predicted octanol–water partition coefficient (Wildman–Crippen LogP) is 5.35. The quantitative estimate of drug-likeness (QED) is 0.453. The van der Waals surface area contributed by atoms with Crippen molar-refractivity contribution in [3.8, 4) is 17.2 Å². The van der Waals surface area contributed by atoms with Gasteiger partial charge >= 0.3 is 12.3 Å². The van der Waals surface area contributed by atoms with Gasteiger partial charge in [-0.1, -0.05) is 30.3 Å². The van der Waals surface area contributed by atoms with Crippen LogP contribution in [0, 0.1) is 5.82 Å². The number of ether oxygens (including phenoxy) is 4. The molecule has 1 fully saturated rings. The first-order valence-electron chi connectivity index (χ1n) is 12.0. The lowest BCUT2D eigenvalue weighted by molar-refractivity contribution is -0.286. The second kappa shape index (κ2) is 8.68. The fourth-order valence-electron chi connectivity index (χ4n) is 5.04. The maximum Gasteiger partial charge on any atom is 0.586 e. The van der Waals surface area contributed by atoms with Crippen molar-refractivity contribution in [1.82, 2.24) is 5.32 Å². The van der Waals surface area contributed by atoms with Crippen molar-refractivity contribution in [2.75, 3.05) is 7.11 Å². The van der Waals surface area contributed by atoms with Crippen molar-refractivity contribution in [3.63, 3.8) is 0 Å². The number of amides is 1. The van der Waals surface area contributed by atoms with Gasteiger partial charge in [0.25, 0.3) is 0 Å². The molecule has 10 heteroatoms. The Kier molecular flexibility index (Phi) is 5.51. The van der Waals surface area contributed by atoms with Crippen LogP contribution < -0.4 is 19.5 Å². The monoisotopic (exact) mass is 525 g/mol. The first kappa shape index (κ1) is 24.1. The third-order valence-corrected chi connectivity index (χ3v) is 7.17. The second-order valence-corrected chi connectivity index (χ2v) is 9.57. The van der Waals surface area contributed by atoms with Crippen molar-refractivity contribution in [2.45, 2.75) is 43.1 Å². The van der Waals surface area contributed by atoms with E-state index >= 15 is 0 Å². The summed E-state index contributed by atoms with van der Waals surface area (Å²) in [5, 5.41) is 3.07. The van der Waals surface area contributed by atoms with Crippen LogP contribution in [0.3, 0.4) is 0 Å². The molecule has 0 aromatic heterocycles. The van der Waals surface area contributed by atoms with Crippen molar-refractivity contribution in [3.05, 3.63) is 88.7 Å². The van der Waals surface area contributed by atoms with Crippen molar-refractivity contribution >= 4 is 11.9 Å². The number of fused-ring (bicyclic) bond motifs is 2. The van der Waals surface area contributed by atoms with Gasteiger partial charge in [-0.25, -0.2) is 9.18 Å². The maximum absolute atomic E-state index is 14.8. The zero-order valence-corrected chi connectivity index (χ0v) is 20.1. The van der Waals surface area contributed by atoms with Gasteiger partial charge in [-0.3, -0.25) is 4.79 Å². The lowest BCUT2D eigenvalue weighted by Gasteiger charge is -2.33. The van der Waals surface area contributed by atoms with Crippen molar-refractivity contribution in [2.24, 2.45) is 0 Å². The zero-order valence-electron chi connectivity index (χ0n) is 20.1. The molecular weight excluding hydrogens is 503 g/mol. The van der Waals surface area contributed by atoms with Crippen molar-refractivity contribution < 1.29 is 41.7 Å². The lowest BCUT2D eigenvalue weighted by Crippen LogP contribution is -2.40. The Hall–Kier alpha value is -4.21. The normalized spacial score (nSPS) is 21.6. The van der Waals surface area contributed by atoms with E-state index in [4.69, 9.17) is 9.47 Å². The Labute approximate surface area is 215 Å². The largest absolute Gasteiger partial charge is 0.586 e. The van der Waals surface area contributed by atoms with Crippen LogP contribution in [0.15, 0.2) is 60.7 Å². The molecule has 0 bridgehead atoms. The second-order valence-electron chi connectivity index (χ2n) is 9.57. The van der Waals surface area contributed by atoms with Gasteiger partial charge < -0.3 is 24.3 Å². The smallest absolute Gasteiger partial charge is 0.482 e. The number of methoxy groups -OCH3 is 1. The summed E-state index contributed by atoms with van der Waals surface area (Å²) in [5.74, 6) is -2.33. The van der Waals surface area contributed by atoms with Crippen LogP contribution in [0.25, 0.3) is 0 Å². The fourth-order valence-corrected chi connectivity index (χ4v) is 5.04. The number of rotatable bonds is 5. The molecule has 2 aliphatic heterocycles. The van der Waals surface area contributed by atoms with Gasteiger partial charge in [0.15, 0.2) is 23.1 Å². The molecule has 0 unspecified atom stereocenters. The number of carbonyl (C=O) groups is 2. The number of hydrogen-bond donors (Lipinski definition) is 1. The first-order valence-corrected chi connectivity index (χ1v) is 12.0. The fraction of sp³-hybridized carbons (Fsp3) is 0.286. The van der Waals surface area contributed by atoms with Gasteiger partial charge in [0.2, 0.25) is 5.91 Å². The number of halogens is 3. The molecule has 7 nitrogen and oxygen atoms in total. The SMILES string of the molecule is COC(=O)c1ccc([C@H]2C[C@@H](C(=O)NC3(c4ccc5c(c4)OC(F)(F)O5)CC3)c3cccc(F)c3O2)cc1. The summed E-state index contributed by atoms with van der Waals surface area (Å²) < 4.78 is 61.5. The third-order valence-electron chi connectivity index (χ3n) is 7.17. The molecule has 1 aliphatic carbocycles. The Bertz CT molecular complexity index is 1440. The molecule has 6 rings (SSSR count). The summed E-state index contributed by atoms with van der Waals surface area (Å²) in [5.41, 5.74) is 1.31. The minimum atomic E-state index is -3.74. The van der Waals surface area contributed by atoms with Crippen molar-refractivity contribution in [1.29, 1.82) is 0 Å². The number of para-hydroxylation sites is 1. The number of nitrogens with one attached hydrogen (secondary N) is 1. The van der Waals surface area contributed by atoms with E-state index in [1.165, 1.54) is 31.4 Å². The van der Waals surface area contributed by atoms with E-state index in [0.29, 0.717) is 35.1 Å². The Morgan fingerprint density at radius 1 is 1.00 bits per heavy atom. The highest BCUT2D eigenvalue weighted by molar-refractivity contribution is 5.89. The summed E-state index contributed by atoms with van der Waals surface area (Å²) in [7, 11) is 1.29. The zero-order chi connectivity index (χ0) is 26.7. The van der Waals surface area contributed by atoms with Gasteiger partial charge in [-0.15, -0.1) is 8.78 Å². The molecule has 2 heterocycles. The molecule has 0 saturated heterocycles. The molecule has 3 aromatic rings. The number of alkyl halides is 2. The lowest BCUT2D eigenvalue weighted by atomic mass is 9.86. The van der Waals surface area contributed by atoms with Crippen LogP contribution in [0.5, 0.6) is 17.2 Å². The van der Waals surface area contributed by atoms with Gasteiger partial charge in [0, 0.05) is 12.0 Å². The van der Waals surface area contributed by atoms with Crippen LogP contribution in [0.4, 0.5) is 13.2 Å². The van der Waals surface area contributed by atoms with Crippen LogP contribution in [0.1, 0.15) is 58.3 Å². The molecule has 1 amide bonds. The van der Waals surface area contributed by atoms with E-state index in [1.54, 1.807) is 36.4 Å². The highest BCUT2D eigenvalue weighted by Crippen LogP contribution is 2.51. The molecule has 2 atom stereocenters. The van der Waals surface area contributed by atoms with E-state index in [-0.39, 0.29) is 29.6 Å². The summed E-state index contributed by atoms with van der Waals surface area (Å²) in [6.07, 6.45) is -2.95. The van der Waals surface area contributed by atoms with E-state index in [0.717, 1.165) is 0 Å². The van der Waals surface area contributed by atoms with E-state index in [2.05, 4.69) is 14.8 Å². The minimum Gasteiger partial charge on any atom is -0.482 e. The summed E-state index contributed by atoms with van der Waals surface area (Å²) >= 11 is 0. The molecule has 3 aromatic carbocycles. The number of hydrogen-bond acceptors (Lipinski definition) is 6. The molecule has 1 saturated carbocycles. The summed E-state index contributed by atoms with van der Waals surface area (Å²) in [6.45, 7) is 0. The predicted molar refractivity (Wildman–Crippen MR) is 127 cm³/mol. The molecule has 3 aliphatic rings. The maximum atomic E-state index is 14.8. The average Bonchev–Trinajstić information content (AvgIpc) is 3.61. The molecule has 0 radical (unpaired) electrons. The van der Waals surface area contributed by atoms with E-state index < -0.39 is 35.6 Å². The first-order chi connectivity index (χ1) is 18.2. The number of carbonyl (C=O) groups excluding carboxylic acids is 2. The highest BCUT2D eigenvalue weighted by Gasteiger charge is 2.50. The number of benzene rings is 3. The molecular formula is C28H22F3NO6. The standard InChI is InChI=1S/C28H22F3NO6/c1-35-26(34)16-7-5-15(6-8-16)22-14-19(18-3-2-4-20(29)24(18)36-22)25(33)32-27(11-12-27)17-9-10-21-23(13-17)38-28(30,31)37-21/h2-10,13,19,22H,11-12,14H2,1H3,(H,32,33)/t19-,22-/m1/s1. The van der Waals surface area contributed by atoms with Gasteiger partial charge in [-0.05, 0) is 54.3 Å². The molecule has 0 spiro atoms. The van der Waals surface area contributed by atoms with Crippen LogP contribution in [-0.2, 0) is 15.1 Å². The van der Waals surface area contributed by atoms with Crippen LogP contribution >= 0.6 is 0 Å². The Balaban J connectivity index is 1.27. The van der Waals surface area contributed by atoms with Gasteiger partial charge in [0.1, 0.15) is 6.10 Å². The van der Waals surface area contributed by atoms with E-state index in [1.807, 2.05) is 0 Å². The summed E-state index contributed by atoms with van der Waals surface area (Å²) in [6, 6.07) is 15.4. The highest BCUT2D eigenvalue weighted by atomic mass is 19.3. The van der Waals surface area contributed by atoms with Gasteiger partial charge in [-0.2, -0.15) is 0 Å².